The number of anilines is 2. The molecule has 2 rings (SSSR count). The van der Waals surface area contributed by atoms with Gasteiger partial charge in [-0.25, -0.2) is 8.42 Å². The maximum absolute atomic E-state index is 11.1. The van der Waals surface area contributed by atoms with Gasteiger partial charge in [0.1, 0.15) is 0 Å². The first-order valence-corrected chi connectivity index (χ1v) is 5.93. The number of hydrogen-bond acceptors (Lipinski definition) is 7. The Labute approximate surface area is 80.8 Å². The molecule has 2 heterocycles. The van der Waals surface area contributed by atoms with Crippen LogP contribution in [0.25, 0.3) is 0 Å². The smallest absolute Gasteiger partial charge is 0.319 e. The topological polar surface area (TPSA) is 102 Å². The number of nitrogens with zero attached hydrogens (tertiary/aromatic N) is 3. The van der Waals surface area contributed by atoms with Crippen molar-refractivity contribution in [3.05, 3.63) is 0 Å². The fourth-order valence-corrected chi connectivity index (χ4v) is 2.46. The quantitative estimate of drug-likeness (QED) is 0.637. The van der Waals surface area contributed by atoms with E-state index >= 15 is 0 Å². The van der Waals surface area contributed by atoms with Crippen LogP contribution in [0.3, 0.4) is 0 Å². The zero-order valence-electron chi connectivity index (χ0n) is 7.38. The Kier molecular flexibility index (Phi) is 2.06. The summed E-state index contributed by atoms with van der Waals surface area (Å²) in [5.41, 5.74) is 5.25. The molecule has 0 unspecified atom stereocenters. The van der Waals surface area contributed by atoms with E-state index in [0.29, 0.717) is 13.1 Å². The molecular weight excluding hydrogens is 208 g/mol. The highest BCUT2D eigenvalue weighted by atomic mass is 32.2. The SMILES string of the molecule is Nc1nnc(N2CCS(=O)(=O)CC2)o1. The van der Waals surface area contributed by atoms with Crippen molar-refractivity contribution in [3.63, 3.8) is 0 Å². The predicted octanol–water partition coefficient (Wildman–Crippen LogP) is -1.11. The minimum absolute atomic E-state index is 0.00608. The van der Waals surface area contributed by atoms with Gasteiger partial charge in [-0.2, -0.15) is 0 Å². The minimum Gasteiger partial charge on any atom is -0.390 e. The van der Waals surface area contributed by atoms with E-state index in [0.717, 1.165) is 0 Å². The third kappa shape index (κ3) is 1.79. The zero-order chi connectivity index (χ0) is 10.2. The van der Waals surface area contributed by atoms with Crippen molar-refractivity contribution in [2.24, 2.45) is 0 Å². The second-order valence-electron chi connectivity index (χ2n) is 3.06. The summed E-state index contributed by atoms with van der Waals surface area (Å²) in [6.07, 6.45) is 0. The fourth-order valence-electron chi connectivity index (χ4n) is 1.26. The summed E-state index contributed by atoms with van der Waals surface area (Å²) < 4.78 is 27.2. The lowest BCUT2D eigenvalue weighted by molar-refractivity contribution is 0.542. The Balaban J connectivity index is 2.09. The first kappa shape index (κ1) is 9.25. The van der Waals surface area contributed by atoms with Crippen LogP contribution in [0.2, 0.25) is 0 Å². The molecule has 0 spiro atoms. The van der Waals surface area contributed by atoms with Crippen LogP contribution in [0.15, 0.2) is 4.42 Å². The number of nitrogen functional groups attached to an aromatic ring is 1. The molecule has 8 heteroatoms. The third-order valence-electron chi connectivity index (χ3n) is 2.04. The Morgan fingerprint density at radius 1 is 1.29 bits per heavy atom. The number of aromatic nitrogens is 2. The Bertz CT molecular complexity index is 412. The van der Waals surface area contributed by atoms with Crippen LogP contribution < -0.4 is 10.6 Å². The molecule has 14 heavy (non-hydrogen) atoms. The average Bonchev–Trinajstić information content (AvgIpc) is 2.52. The van der Waals surface area contributed by atoms with Crippen LogP contribution >= 0.6 is 0 Å². The lowest BCUT2D eigenvalue weighted by Crippen LogP contribution is -2.40. The second-order valence-corrected chi connectivity index (χ2v) is 5.37. The molecule has 0 amide bonds. The summed E-state index contributed by atoms with van der Waals surface area (Å²) in [5.74, 6) is 0.241. The Morgan fingerprint density at radius 3 is 2.43 bits per heavy atom. The summed E-state index contributed by atoms with van der Waals surface area (Å²) in [6, 6.07) is 0.283. The molecule has 1 aromatic heterocycles. The van der Waals surface area contributed by atoms with Gasteiger partial charge in [0, 0.05) is 13.1 Å². The van der Waals surface area contributed by atoms with Gasteiger partial charge in [-0.05, 0) is 0 Å². The van der Waals surface area contributed by atoms with Crippen LogP contribution in [0.5, 0.6) is 0 Å². The predicted molar refractivity (Wildman–Crippen MR) is 49.6 cm³/mol. The van der Waals surface area contributed by atoms with Crippen LogP contribution in [-0.4, -0.2) is 43.2 Å². The zero-order valence-corrected chi connectivity index (χ0v) is 8.20. The fraction of sp³-hybridized carbons (Fsp3) is 0.667. The third-order valence-corrected chi connectivity index (χ3v) is 3.65. The van der Waals surface area contributed by atoms with Crippen molar-refractivity contribution in [3.8, 4) is 0 Å². The van der Waals surface area contributed by atoms with Gasteiger partial charge in [-0.15, -0.1) is 0 Å². The standard InChI is InChI=1S/C6H10N4O3S/c7-5-8-9-6(13-5)10-1-3-14(11,12)4-2-10/h1-4H2,(H2,7,8). The first-order chi connectivity index (χ1) is 6.57. The monoisotopic (exact) mass is 218 g/mol. The lowest BCUT2D eigenvalue weighted by atomic mass is 10.5. The van der Waals surface area contributed by atoms with E-state index in [1.54, 1.807) is 4.90 Å². The van der Waals surface area contributed by atoms with E-state index in [2.05, 4.69) is 10.2 Å². The highest BCUT2D eigenvalue weighted by Gasteiger charge is 2.24. The van der Waals surface area contributed by atoms with Crippen LogP contribution in [-0.2, 0) is 9.84 Å². The Hall–Kier alpha value is -1.31. The van der Waals surface area contributed by atoms with Crippen molar-refractivity contribution in [2.45, 2.75) is 0 Å². The number of hydrogen-bond donors (Lipinski definition) is 1. The minimum atomic E-state index is -2.88. The molecule has 1 fully saturated rings. The molecule has 0 aliphatic carbocycles. The maximum atomic E-state index is 11.1. The Morgan fingerprint density at radius 2 is 1.93 bits per heavy atom. The molecule has 1 aliphatic rings. The molecule has 78 valence electrons. The number of rotatable bonds is 1. The molecular formula is C6H10N4O3S. The number of sulfone groups is 1. The molecule has 0 aromatic carbocycles. The van der Waals surface area contributed by atoms with E-state index in [-0.39, 0.29) is 23.5 Å². The van der Waals surface area contributed by atoms with E-state index in [4.69, 9.17) is 10.2 Å². The van der Waals surface area contributed by atoms with Crippen molar-refractivity contribution >= 4 is 21.9 Å². The molecule has 0 bridgehead atoms. The van der Waals surface area contributed by atoms with Crippen LogP contribution in [0.4, 0.5) is 12.0 Å². The van der Waals surface area contributed by atoms with Crippen molar-refractivity contribution < 1.29 is 12.8 Å². The highest BCUT2D eigenvalue weighted by molar-refractivity contribution is 7.91. The van der Waals surface area contributed by atoms with E-state index in [9.17, 15) is 8.42 Å². The maximum Gasteiger partial charge on any atom is 0.319 e. The summed E-state index contributed by atoms with van der Waals surface area (Å²) in [7, 11) is -2.88. The number of nitrogens with two attached hydrogens (primary N) is 1. The summed E-state index contributed by atoms with van der Waals surface area (Å²) in [6.45, 7) is 0.758. The van der Waals surface area contributed by atoms with Crippen molar-refractivity contribution in [2.75, 3.05) is 35.2 Å². The van der Waals surface area contributed by atoms with Gasteiger partial charge in [0.05, 0.1) is 11.5 Å². The van der Waals surface area contributed by atoms with Gasteiger partial charge >= 0.3 is 12.0 Å². The highest BCUT2D eigenvalue weighted by Crippen LogP contribution is 2.15. The van der Waals surface area contributed by atoms with Crippen molar-refractivity contribution in [1.82, 2.24) is 10.2 Å². The average molecular weight is 218 g/mol. The van der Waals surface area contributed by atoms with Gasteiger partial charge in [-0.3, -0.25) is 0 Å². The van der Waals surface area contributed by atoms with E-state index in [1.165, 1.54) is 0 Å². The van der Waals surface area contributed by atoms with Gasteiger partial charge in [0.25, 0.3) is 0 Å². The lowest BCUT2D eigenvalue weighted by Gasteiger charge is -2.24. The molecule has 0 radical (unpaired) electrons. The van der Waals surface area contributed by atoms with Crippen molar-refractivity contribution in [1.29, 1.82) is 0 Å². The van der Waals surface area contributed by atoms with E-state index < -0.39 is 9.84 Å². The van der Waals surface area contributed by atoms with Gasteiger partial charge < -0.3 is 15.1 Å². The van der Waals surface area contributed by atoms with Gasteiger partial charge in [0.2, 0.25) is 0 Å². The molecule has 0 atom stereocenters. The molecule has 7 nitrogen and oxygen atoms in total. The first-order valence-electron chi connectivity index (χ1n) is 4.11. The van der Waals surface area contributed by atoms with E-state index in [1.807, 2.05) is 0 Å². The normalized spacial score (nSPS) is 21.0. The largest absolute Gasteiger partial charge is 0.390 e. The van der Waals surface area contributed by atoms with Gasteiger partial charge in [-0.1, -0.05) is 10.2 Å². The molecule has 2 N–H and O–H groups in total. The summed E-state index contributed by atoms with van der Waals surface area (Å²) >= 11 is 0. The molecule has 1 saturated heterocycles. The summed E-state index contributed by atoms with van der Waals surface area (Å²) in [4.78, 5) is 1.71. The van der Waals surface area contributed by atoms with Crippen LogP contribution in [0.1, 0.15) is 0 Å². The second kappa shape index (κ2) is 3.12. The molecule has 0 saturated carbocycles. The molecule has 1 aromatic rings. The van der Waals surface area contributed by atoms with Gasteiger partial charge in [0.15, 0.2) is 9.84 Å². The summed E-state index contributed by atoms with van der Waals surface area (Å²) in [5, 5.41) is 7.17. The molecule has 1 aliphatic heterocycles. The van der Waals surface area contributed by atoms with Crippen LogP contribution in [0, 0.1) is 0 Å².